The summed E-state index contributed by atoms with van der Waals surface area (Å²) in [6.07, 6.45) is -5.66. The van der Waals surface area contributed by atoms with Gasteiger partial charge in [-0.1, -0.05) is 25.7 Å². The molecule has 0 saturated carbocycles. The first-order valence-corrected chi connectivity index (χ1v) is 17.8. The monoisotopic (exact) mass is 772 g/mol. The third-order valence-electron chi connectivity index (χ3n) is 9.81. The zero-order chi connectivity index (χ0) is 40.0. The van der Waals surface area contributed by atoms with Crippen molar-refractivity contribution < 1.29 is 49.8 Å². The summed E-state index contributed by atoms with van der Waals surface area (Å²) in [4.78, 5) is 42.2. The van der Waals surface area contributed by atoms with Gasteiger partial charge in [-0.25, -0.2) is 13.6 Å². The van der Waals surface area contributed by atoms with Crippen LogP contribution in [0.2, 0.25) is 0 Å². The molecule has 1 aliphatic rings. The van der Waals surface area contributed by atoms with E-state index in [1.807, 2.05) is 4.90 Å². The number of likely N-dealkylation sites (tertiary alicyclic amines) is 1. The van der Waals surface area contributed by atoms with Gasteiger partial charge in [-0.15, -0.1) is 0 Å². The van der Waals surface area contributed by atoms with Crippen LogP contribution in [0.15, 0.2) is 35.3 Å². The number of carboxylic acids is 1. The van der Waals surface area contributed by atoms with Crippen molar-refractivity contribution >= 4 is 11.9 Å². The average molecular weight is 773 g/mol. The number of hydrogen-bond acceptors (Lipinski definition) is 5. The molecule has 0 aliphatic carbocycles. The lowest BCUT2D eigenvalue weighted by Crippen LogP contribution is -2.49. The first-order chi connectivity index (χ1) is 25.2. The Morgan fingerprint density at radius 1 is 0.907 bits per heavy atom. The highest BCUT2D eigenvalue weighted by Gasteiger charge is 2.38. The van der Waals surface area contributed by atoms with Gasteiger partial charge in [0.15, 0.2) is 0 Å². The number of amides is 1. The molecular formula is C38H44F8N4O4. The fraction of sp³-hybridized carbons (Fsp3) is 0.526. The van der Waals surface area contributed by atoms with Crippen LogP contribution in [-0.2, 0) is 35.0 Å². The average Bonchev–Trinajstić information content (AvgIpc) is 3.02. The predicted octanol–water partition coefficient (Wildman–Crippen LogP) is 7.88. The number of unbranched alkanes of at least 4 members (excludes halogenated alkanes) is 4. The van der Waals surface area contributed by atoms with Gasteiger partial charge in [0.2, 0.25) is 5.91 Å². The minimum Gasteiger partial charge on any atom is -0.481 e. The molecule has 4 rings (SSSR count). The highest BCUT2D eigenvalue weighted by Crippen LogP contribution is 2.39. The van der Waals surface area contributed by atoms with Crippen LogP contribution in [0.5, 0.6) is 0 Å². The lowest BCUT2D eigenvalue weighted by molar-refractivity contribution is -0.155. The summed E-state index contributed by atoms with van der Waals surface area (Å²) in [5.41, 5.74) is 5.31. The van der Waals surface area contributed by atoms with Gasteiger partial charge in [0.05, 0.1) is 5.56 Å². The van der Waals surface area contributed by atoms with Gasteiger partial charge < -0.3 is 15.7 Å². The Morgan fingerprint density at radius 3 is 2.20 bits per heavy atom. The Bertz CT molecular complexity index is 1870. The van der Waals surface area contributed by atoms with E-state index in [-0.39, 0.29) is 18.4 Å². The third kappa shape index (κ3) is 11.6. The van der Waals surface area contributed by atoms with Crippen LogP contribution in [0.4, 0.5) is 35.1 Å². The normalized spacial score (nSPS) is 14.6. The number of benzene rings is 2. The summed E-state index contributed by atoms with van der Waals surface area (Å²) >= 11 is 0. The van der Waals surface area contributed by atoms with Gasteiger partial charge in [0.1, 0.15) is 17.7 Å². The quantitative estimate of drug-likeness (QED) is 0.100. The maximum Gasteiger partial charge on any atom is 0.419 e. The lowest BCUT2D eigenvalue weighted by Gasteiger charge is -2.39. The van der Waals surface area contributed by atoms with Gasteiger partial charge in [0.25, 0.3) is 0 Å². The first-order valence-electron chi connectivity index (χ1n) is 17.8. The Balaban J connectivity index is 1.36. The van der Waals surface area contributed by atoms with Crippen LogP contribution < -0.4 is 11.4 Å². The smallest absolute Gasteiger partial charge is 0.419 e. The number of aryl methyl sites for hydroxylation is 4. The molecule has 1 unspecified atom stereocenters. The molecule has 2 aromatic carbocycles. The molecule has 2 heterocycles. The van der Waals surface area contributed by atoms with Crippen molar-refractivity contribution in [2.24, 2.45) is 11.7 Å². The van der Waals surface area contributed by atoms with E-state index in [0.717, 1.165) is 0 Å². The summed E-state index contributed by atoms with van der Waals surface area (Å²) in [6.45, 7) is 4.31. The molecule has 1 amide bonds. The number of hydrogen-bond donors (Lipinski definition) is 2. The number of nitrogens with two attached hydrogens (primary N) is 1. The van der Waals surface area contributed by atoms with Crippen molar-refractivity contribution in [3.05, 3.63) is 86.1 Å². The minimum atomic E-state index is -5.05. The molecular weight excluding hydrogens is 728 g/mol. The molecule has 3 aromatic rings. The number of carbonyl (C=O) groups excluding carboxylic acids is 1. The topological polar surface area (TPSA) is 119 Å². The Morgan fingerprint density at radius 2 is 1.57 bits per heavy atom. The van der Waals surface area contributed by atoms with E-state index in [9.17, 15) is 49.5 Å². The van der Waals surface area contributed by atoms with Crippen LogP contribution in [0, 0.1) is 31.4 Å². The van der Waals surface area contributed by atoms with Gasteiger partial charge >= 0.3 is 24.0 Å². The number of alkyl halides is 6. The van der Waals surface area contributed by atoms with E-state index in [2.05, 4.69) is 4.98 Å². The standard InChI is InChI=1S/C38H44F8N4O4/c1-22-14-29(39)16-25(33(22)28-15-26(10-11-32(51)52)34(40)30(17-28)38(44,45)46)8-6-4-3-5-7-9-31(35(47)53)50-21-27(23(2)48-36(50)54)12-13-49-19-24(20-49)18-37(41,42)43/h14-17,21,24,31H,3-13,18-20H2,1-2H3,(H2,47,53)(H,51,52). The molecule has 296 valence electrons. The van der Waals surface area contributed by atoms with Crippen molar-refractivity contribution in [3.8, 4) is 11.1 Å². The minimum absolute atomic E-state index is 0.00761. The van der Waals surface area contributed by atoms with E-state index < -0.39 is 83.9 Å². The summed E-state index contributed by atoms with van der Waals surface area (Å²) in [5, 5.41) is 9.03. The summed E-state index contributed by atoms with van der Waals surface area (Å²) in [5.74, 6) is -4.59. The number of aromatic nitrogens is 2. The van der Waals surface area contributed by atoms with Crippen LogP contribution in [0.1, 0.15) is 90.9 Å². The van der Waals surface area contributed by atoms with Gasteiger partial charge in [-0.2, -0.15) is 31.3 Å². The van der Waals surface area contributed by atoms with Crippen LogP contribution >= 0.6 is 0 Å². The molecule has 1 saturated heterocycles. The second kappa shape index (κ2) is 17.9. The number of rotatable bonds is 18. The second-order valence-electron chi connectivity index (χ2n) is 14.1. The molecule has 0 bridgehead atoms. The molecule has 8 nitrogen and oxygen atoms in total. The third-order valence-corrected chi connectivity index (χ3v) is 9.81. The van der Waals surface area contributed by atoms with Gasteiger partial charge in [-0.05, 0) is 110 Å². The van der Waals surface area contributed by atoms with E-state index in [0.29, 0.717) is 92.2 Å². The number of nitrogens with zero attached hydrogens (tertiary/aromatic N) is 3. The van der Waals surface area contributed by atoms with Crippen molar-refractivity contribution in [1.29, 1.82) is 0 Å². The number of carboxylic acid groups (broad SMARTS) is 1. The van der Waals surface area contributed by atoms with Gasteiger partial charge in [-0.3, -0.25) is 14.2 Å². The maximum atomic E-state index is 14.8. The molecule has 0 spiro atoms. The Labute approximate surface area is 307 Å². The Hall–Kier alpha value is -4.34. The second-order valence-corrected chi connectivity index (χ2v) is 14.1. The zero-order valence-electron chi connectivity index (χ0n) is 30.1. The number of halogens is 8. The number of primary amides is 1. The number of carbonyl (C=O) groups is 2. The molecule has 1 aromatic heterocycles. The first kappa shape index (κ1) is 42.4. The van der Waals surface area contributed by atoms with Crippen LogP contribution in [0.3, 0.4) is 0 Å². The summed E-state index contributed by atoms with van der Waals surface area (Å²) in [7, 11) is 0. The molecule has 3 N–H and O–H groups in total. The number of aliphatic carboxylic acids is 1. The molecule has 0 radical (unpaired) electrons. The molecule has 16 heteroatoms. The fourth-order valence-corrected chi connectivity index (χ4v) is 7.14. The highest BCUT2D eigenvalue weighted by molar-refractivity contribution is 5.78. The predicted molar refractivity (Wildman–Crippen MR) is 185 cm³/mol. The van der Waals surface area contributed by atoms with Crippen molar-refractivity contribution in [3.63, 3.8) is 0 Å². The fourth-order valence-electron chi connectivity index (χ4n) is 7.14. The largest absolute Gasteiger partial charge is 0.481 e. The molecule has 1 fully saturated rings. The Kier molecular flexibility index (Phi) is 14.0. The lowest BCUT2D eigenvalue weighted by atomic mass is 9.89. The maximum absolute atomic E-state index is 14.8. The van der Waals surface area contributed by atoms with E-state index in [4.69, 9.17) is 10.8 Å². The van der Waals surface area contributed by atoms with Crippen LogP contribution in [0.25, 0.3) is 11.1 Å². The van der Waals surface area contributed by atoms with E-state index in [1.54, 1.807) is 13.1 Å². The molecule has 1 aliphatic heterocycles. The SMILES string of the molecule is Cc1cc(F)cc(CCCCCCCC(C(N)=O)n2cc(CCN3CC(CC(F)(F)F)C3)c(C)nc2=O)c1-c1cc(CCC(=O)O)c(F)c(C(F)(F)F)c1. The van der Waals surface area contributed by atoms with E-state index >= 15 is 0 Å². The van der Waals surface area contributed by atoms with Crippen molar-refractivity contribution in [2.45, 2.75) is 103 Å². The van der Waals surface area contributed by atoms with Crippen molar-refractivity contribution in [2.75, 3.05) is 19.6 Å². The van der Waals surface area contributed by atoms with Crippen molar-refractivity contribution in [1.82, 2.24) is 14.5 Å². The van der Waals surface area contributed by atoms with E-state index in [1.165, 1.54) is 29.7 Å². The molecule has 1 atom stereocenters. The van der Waals surface area contributed by atoms with Gasteiger partial charge in [0, 0.05) is 44.4 Å². The zero-order valence-corrected chi connectivity index (χ0v) is 30.1. The highest BCUT2D eigenvalue weighted by atomic mass is 19.4. The molecule has 54 heavy (non-hydrogen) atoms. The summed E-state index contributed by atoms with van der Waals surface area (Å²) in [6, 6.07) is 3.28. The summed E-state index contributed by atoms with van der Waals surface area (Å²) < 4.78 is 110. The van der Waals surface area contributed by atoms with Crippen LogP contribution in [-0.4, -0.2) is 57.2 Å².